The van der Waals surface area contributed by atoms with Crippen molar-refractivity contribution in [1.29, 1.82) is 5.26 Å². The fourth-order valence-corrected chi connectivity index (χ4v) is 2.43. The lowest BCUT2D eigenvalue weighted by Crippen LogP contribution is -2.37. The lowest BCUT2D eigenvalue weighted by Gasteiger charge is -2.21. The number of nitriles is 1. The maximum absolute atomic E-state index is 12.2. The largest absolute Gasteiger partial charge is 0.450 e. The molecule has 1 heterocycles. The first-order valence-corrected chi connectivity index (χ1v) is 7.80. The molecule has 2 rings (SSSR count). The Hall–Kier alpha value is -2.81. The highest BCUT2D eigenvalue weighted by Gasteiger charge is 2.21. The van der Waals surface area contributed by atoms with Crippen molar-refractivity contribution in [2.45, 2.75) is 20.8 Å². The highest BCUT2D eigenvalue weighted by molar-refractivity contribution is 5.96. The van der Waals surface area contributed by atoms with Crippen LogP contribution in [0.3, 0.4) is 0 Å². The molecule has 0 N–H and O–H groups in total. The average Bonchev–Trinajstić information content (AvgIpc) is 2.94. The number of furan rings is 1. The summed E-state index contributed by atoms with van der Waals surface area (Å²) in [5.74, 6) is -1.16. The zero-order valence-corrected chi connectivity index (χ0v) is 14.0. The summed E-state index contributed by atoms with van der Waals surface area (Å²) >= 11 is 0. The lowest BCUT2D eigenvalue weighted by molar-refractivity contribution is -0.134. The van der Waals surface area contributed by atoms with E-state index in [1.165, 1.54) is 4.90 Å². The third-order valence-corrected chi connectivity index (χ3v) is 3.80. The van der Waals surface area contributed by atoms with Crippen molar-refractivity contribution in [3.8, 4) is 6.07 Å². The molecule has 1 amide bonds. The molecule has 126 valence electrons. The summed E-state index contributed by atoms with van der Waals surface area (Å²) in [5, 5.41) is 9.68. The number of hydrogen-bond acceptors (Lipinski definition) is 5. The number of carbonyl (C=O) groups excluding carboxylic acids is 2. The minimum Gasteiger partial charge on any atom is -0.450 e. The number of nitrogens with zero attached hydrogens (tertiary/aromatic N) is 2. The van der Waals surface area contributed by atoms with Crippen molar-refractivity contribution in [2.75, 3.05) is 19.7 Å². The van der Waals surface area contributed by atoms with E-state index in [1.807, 2.05) is 25.1 Å². The summed E-state index contributed by atoms with van der Waals surface area (Å²) in [7, 11) is 0. The van der Waals surface area contributed by atoms with Gasteiger partial charge in [-0.3, -0.25) is 4.79 Å². The molecule has 1 aromatic heterocycles. The van der Waals surface area contributed by atoms with Crippen molar-refractivity contribution in [2.24, 2.45) is 5.92 Å². The molecule has 1 atom stereocenters. The Morgan fingerprint density at radius 3 is 2.71 bits per heavy atom. The number of fused-ring (bicyclic) bond motifs is 1. The van der Waals surface area contributed by atoms with E-state index in [4.69, 9.17) is 14.4 Å². The van der Waals surface area contributed by atoms with Gasteiger partial charge in [-0.05, 0) is 26.8 Å². The molecule has 0 radical (unpaired) electrons. The van der Waals surface area contributed by atoms with Crippen LogP contribution < -0.4 is 0 Å². The van der Waals surface area contributed by atoms with E-state index in [0.29, 0.717) is 24.2 Å². The van der Waals surface area contributed by atoms with E-state index in [9.17, 15) is 9.59 Å². The summed E-state index contributed by atoms with van der Waals surface area (Å²) in [4.78, 5) is 25.8. The van der Waals surface area contributed by atoms with Gasteiger partial charge in [-0.1, -0.05) is 18.2 Å². The summed E-state index contributed by atoms with van der Waals surface area (Å²) < 4.78 is 10.6. The first-order valence-electron chi connectivity index (χ1n) is 7.80. The van der Waals surface area contributed by atoms with Crippen LogP contribution >= 0.6 is 0 Å². The van der Waals surface area contributed by atoms with E-state index in [2.05, 4.69) is 6.07 Å². The minimum atomic E-state index is -0.665. The van der Waals surface area contributed by atoms with Gasteiger partial charge in [0, 0.05) is 24.0 Å². The quantitative estimate of drug-likeness (QED) is 0.761. The number of amides is 1. The lowest BCUT2D eigenvalue weighted by atomic mass is 10.1. The Morgan fingerprint density at radius 1 is 1.38 bits per heavy atom. The van der Waals surface area contributed by atoms with Crippen LogP contribution in [0.2, 0.25) is 0 Å². The standard InChI is InChI=1S/C18H20N2O4/c1-4-20(10-12(2)9-19)16(21)11-23-18(22)17-13(3)14-7-5-6-8-15(14)24-17/h5-8,12H,4,10-11H2,1-3H3. The van der Waals surface area contributed by atoms with Gasteiger partial charge in [-0.15, -0.1) is 0 Å². The van der Waals surface area contributed by atoms with Gasteiger partial charge in [0.1, 0.15) is 5.58 Å². The van der Waals surface area contributed by atoms with Crippen molar-refractivity contribution in [3.63, 3.8) is 0 Å². The minimum absolute atomic E-state index is 0.109. The summed E-state index contributed by atoms with van der Waals surface area (Å²) in [6.45, 7) is 5.71. The summed E-state index contributed by atoms with van der Waals surface area (Å²) in [5.41, 5.74) is 1.29. The molecule has 6 nitrogen and oxygen atoms in total. The molecule has 0 fully saturated rings. The predicted molar refractivity (Wildman–Crippen MR) is 88.3 cm³/mol. The third kappa shape index (κ3) is 3.74. The van der Waals surface area contributed by atoms with Crippen molar-refractivity contribution in [3.05, 3.63) is 35.6 Å². The van der Waals surface area contributed by atoms with Gasteiger partial charge in [0.2, 0.25) is 5.76 Å². The number of likely N-dealkylation sites (N-methyl/N-ethyl adjacent to an activating group) is 1. The molecule has 2 aromatic rings. The Labute approximate surface area is 140 Å². The molecule has 24 heavy (non-hydrogen) atoms. The monoisotopic (exact) mass is 328 g/mol. The Balaban J connectivity index is 2.02. The van der Waals surface area contributed by atoms with Gasteiger partial charge in [-0.25, -0.2) is 4.79 Å². The average molecular weight is 328 g/mol. The van der Waals surface area contributed by atoms with Crippen LogP contribution in [0.4, 0.5) is 0 Å². The first kappa shape index (κ1) is 17.5. The molecule has 0 spiro atoms. The SMILES string of the molecule is CCN(CC(C)C#N)C(=O)COC(=O)c1oc2ccccc2c1C. The number of para-hydroxylation sites is 1. The van der Waals surface area contributed by atoms with Crippen molar-refractivity contribution < 1.29 is 18.7 Å². The van der Waals surface area contributed by atoms with E-state index in [0.717, 1.165) is 5.39 Å². The highest BCUT2D eigenvalue weighted by Crippen LogP contribution is 2.25. The molecule has 1 unspecified atom stereocenters. The van der Waals surface area contributed by atoms with E-state index >= 15 is 0 Å². The van der Waals surface area contributed by atoms with Crippen LogP contribution in [0.1, 0.15) is 30.0 Å². The van der Waals surface area contributed by atoms with Crippen LogP contribution in [0.15, 0.2) is 28.7 Å². The van der Waals surface area contributed by atoms with Gasteiger partial charge in [-0.2, -0.15) is 5.26 Å². The first-order chi connectivity index (χ1) is 11.5. The summed E-state index contributed by atoms with van der Waals surface area (Å²) in [6.07, 6.45) is 0. The second-order valence-electron chi connectivity index (χ2n) is 5.59. The van der Waals surface area contributed by atoms with Crippen LogP contribution in [0, 0.1) is 24.2 Å². The Kier molecular flexibility index (Phi) is 5.59. The molecule has 0 saturated heterocycles. The molecule has 0 bridgehead atoms. The van der Waals surface area contributed by atoms with E-state index < -0.39 is 5.97 Å². The number of benzene rings is 1. The number of carbonyl (C=O) groups is 2. The van der Waals surface area contributed by atoms with Crippen LogP contribution in [-0.2, 0) is 9.53 Å². The van der Waals surface area contributed by atoms with Gasteiger partial charge in [0.15, 0.2) is 6.61 Å². The highest BCUT2D eigenvalue weighted by atomic mass is 16.5. The second kappa shape index (κ2) is 7.64. The molecule has 0 aliphatic carbocycles. The van der Waals surface area contributed by atoms with Crippen LogP contribution in [-0.4, -0.2) is 36.5 Å². The number of esters is 1. The maximum Gasteiger partial charge on any atom is 0.375 e. The number of hydrogen-bond donors (Lipinski definition) is 0. The van der Waals surface area contributed by atoms with Gasteiger partial charge in [0.25, 0.3) is 5.91 Å². The predicted octanol–water partition coefficient (Wildman–Crippen LogP) is 2.91. The number of ether oxygens (including phenoxy) is 1. The Morgan fingerprint density at radius 2 is 2.08 bits per heavy atom. The zero-order valence-electron chi connectivity index (χ0n) is 14.0. The molecule has 6 heteroatoms. The fraction of sp³-hybridized carbons (Fsp3) is 0.389. The zero-order chi connectivity index (χ0) is 17.7. The van der Waals surface area contributed by atoms with E-state index in [1.54, 1.807) is 19.9 Å². The van der Waals surface area contributed by atoms with E-state index in [-0.39, 0.29) is 24.2 Å². The number of rotatable bonds is 6. The molecular formula is C18H20N2O4. The van der Waals surface area contributed by atoms with Crippen molar-refractivity contribution >= 4 is 22.8 Å². The third-order valence-electron chi connectivity index (χ3n) is 3.80. The van der Waals surface area contributed by atoms with Crippen molar-refractivity contribution in [1.82, 2.24) is 4.90 Å². The van der Waals surface area contributed by atoms with Crippen LogP contribution in [0.5, 0.6) is 0 Å². The normalized spacial score (nSPS) is 11.8. The topological polar surface area (TPSA) is 83.5 Å². The van der Waals surface area contributed by atoms with Gasteiger partial charge < -0.3 is 14.1 Å². The Bertz CT molecular complexity index is 788. The van der Waals surface area contributed by atoms with Crippen LogP contribution in [0.25, 0.3) is 11.0 Å². The van der Waals surface area contributed by atoms with Gasteiger partial charge in [0.05, 0.1) is 12.0 Å². The second-order valence-corrected chi connectivity index (χ2v) is 5.59. The smallest absolute Gasteiger partial charge is 0.375 e. The maximum atomic E-state index is 12.2. The molecule has 0 aliphatic rings. The molecule has 0 saturated carbocycles. The fourth-order valence-electron chi connectivity index (χ4n) is 2.43. The summed E-state index contributed by atoms with van der Waals surface area (Å²) in [6, 6.07) is 9.39. The molecular weight excluding hydrogens is 308 g/mol. The molecule has 0 aliphatic heterocycles. The number of aryl methyl sites for hydroxylation is 1. The molecule has 1 aromatic carbocycles. The van der Waals surface area contributed by atoms with Gasteiger partial charge >= 0.3 is 5.97 Å².